The average Bonchev–Trinajstić information content (AvgIpc) is 2.59. The van der Waals surface area contributed by atoms with E-state index in [1.807, 2.05) is 24.3 Å². The molecule has 0 aliphatic heterocycles. The number of nitrogens with zero attached hydrogens (tertiary/aromatic N) is 1. The Balaban J connectivity index is 2.11. The molecule has 138 valence electrons. The fourth-order valence-corrected chi connectivity index (χ4v) is 2.45. The van der Waals surface area contributed by atoms with E-state index in [9.17, 15) is 14.9 Å². The van der Waals surface area contributed by atoms with Crippen LogP contribution in [-0.2, 0) is 10.2 Å². The molecule has 7 heteroatoms. The number of anilines is 1. The first-order chi connectivity index (χ1) is 12.2. The lowest BCUT2D eigenvalue weighted by Crippen LogP contribution is -2.22. The highest BCUT2D eigenvalue weighted by atomic mass is 16.6. The maximum atomic E-state index is 12.2. The maximum absolute atomic E-state index is 12.2. The summed E-state index contributed by atoms with van der Waals surface area (Å²) in [6, 6.07) is 11.5. The monoisotopic (exact) mass is 358 g/mol. The van der Waals surface area contributed by atoms with Crippen LogP contribution in [0.4, 0.5) is 11.4 Å². The van der Waals surface area contributed by atoms with Crippen molar-refractivity contribution in [1.82, 2.24) is 0 Å². The normalized spacial score (nSPS) is 10.9. The van der Waals surface area contributed by atoms with Gasteiger partial charge in [-0.3, -0.25) is 14.9 Å². The van der Waals surface area contributed by atoms with Crippen molar-refractivity contribution in [2.24, 2.45) is 0 Å². The minimum absolute atomic E-state index is 0.129. The van der Waals surface area contributed by atoms with Gasteiger partial charge in [-0.2, -0.15) is 0 Å². The summed E-state index contributed by atoms with van der Waals surface area (Å²) in [5.41, 5.74) is 0.941. The number of nitrogens with one attached hydrogen (secondary N) is 1. The Labute approximate surface area is 152 Å². The Morgan fingerprint density at radius 2 is 1.85 bits per heavy atom. The second kappa shape index (κ2) is 7.86. The molecule has 1 amide bonds. The summed E-state index contributed by atoms with van der Waals surface area (Å²) in [6.07, 6.45) is 0. The van der Waals surface area contributed by atoms with Gasteiger partial charge in [-0.1, -0.05) is 39.0 Å². The molecule has 0 aromatic heterocycles. The first-order valence-electron chi connectivity index (χ1n) is 8.07. The Morgan fingerprint density at radius 1 is 1.15 bits per heavy atom. The number of nitro groups is 1. The SMILES string of the molecule is COc1ccc([N+](=O)[O-])cc1NC(=O)COc1ccccc1C(C)(C)C. The van der Waals surface area contributed by atoms with Crippen LogP contribution in [-0.4, -0.2) is 24.5 Å². The van der Waals surface area contributed by atoms with E-state index in [0.29, 0.717) is 11.5 Å². The number of non-ortho nitro benzene ring substituents is 1. The second-order valence-electron chi connectivity index (χ2n) is 6.72. The lowest BCUT2D eigenvalue weighted by atomic mass is 9.86. The van der Waals surface area contributed by atoms with Gasteiger partial charge >= 0.3 is 0 Å². The molecule has 0 unspecified atom stereocenters. The number of methoxy groups -OCH3 is 1. The molecule has 0 saturated heterocycles. The molecule has 0 spiro atoms. The van der Waals surface area contributed by atoms with Gasteiger partial charge in [-0.15, -0.1) is 0 Å². The topological polar surface area (TPSA) is 90.7 Å². The van der Waals surface area contributed by atoms with Crippen molar-refractivity contribution >= 4 is 17.3 Å². The van der Waals surface area contributed by atoms with Gasteiger partial charge in [0.05, 0.1) is 17.7 Å². The van der Waals surface area contributed by atoms with Gasteiger partial charge in [0, 0.05) is 12.1 Å². The first-order valence-corrected chi connectivity index (χ1v) is 8.07. The van der Waals surface area contributed by atoms with E-state index in [0.717, 1.165) is 5.56 Å². The molecule has 0 saturated carbocycles. The van der Waals surface area contributed by atoms with E-state index in [1.165, 1.54) is 25.3 Å². The fraction of sp³-hybridized carbons (Fsp3) is 0.316. The minimum atomic E-state index is -0.537. The molecular formula is C19H22N2O5. The van der Waals surface area contributed by atoms with E-state index in [2.05, 4.69) is 26.1 Å². The molecule has 0 heterocycles. The van der Waals surface area contributed by atoms with Crippen molar-refractivity contribution in [3.8, 4) is 11.5 Å². The Kier molecular flexibility index (Phi) is 5.82. The van der Waals surface area contributed by atoms with Crippen molar-refractivity contribution in [3.63, 3.8) is 0 Å². The number of carbonyl (C=O) groups is 1. The highest BCUT2D eigenvalue weighted by Gasteiger charge is 2.19. The summed E-state index contributed by atoms with van der Waals surface area (Å²) >= 11 is 0. The quantitative estimate of drug-likeness (QED) is 0.624. The molecule has 1 N–H and O–H groups in total. The molecule has 2 aromatic carbocycles. The van der Waals surface area contributed by atoms with Gasteiger partial charge in [0.15, 0.2) is 6.61 Å². The molecular weight excluding hydrogens is 336 g/mol. The van der Waals surface area contributed by atoms with Crippen LogP contribution in [0.5, 0.6) is 11.5 Å². The zero-order valence-electron chi connectivity index (χ0n) is 15.2. The number of ether oxygens (including phenoxy) is 2. The van der Waals surface area contributed by atoms with Crippen LogP contribution in [0.1, 0.15) is 26.3 Å². The molecule has 2 aromatic rings. The largest absolute Gasteiger partial charge is 0.495 e. The molecule has 7 nitrogen and oxygen atoms in total. The van der Waals surface area contributed by atoms with Gasteiger partial charge in [-0.05, 0) is 23.1 Å². The zero-order chi connectivity index (χ0) is 19.3. The van der Waals surface area contributed by atoms with Gasteiger partial charge in [0.2, 0.25) is 0 Å². The van der Waals surface area contributed by atoms with Crippen molar-refractivity contribution in [1.29, 1.82) is 0 Å². The smallest absolute Gasteiger partial charge is 0.271 e. The number of para-hydroxylation sites is 1. The van der Waals surface area contributed by atoms with Gasteiger partial charge in [0.25, 0.3) is 11.6 Å². The molecule has 2 rings (SSSR count). The predicted octanol–water partition coefficient (Wildman–Crippen LogP) is 3.92. The van der Waals surface area contributed by atoms with E-state index in [1.54, 1.807) is 0 Å². The molecule has 26 heavy (non-hydrogen) atoms. The van der Waals surface area contributed by atoms with E-state index in [4.69, 9.17) is 9.47 Å². The third kappa shape index (κ3) is 4.72. The minimum Gasteiger partial charge on any atom is -0.495 e. The molecule has 0 atom stereocenters. The number of carbonyl (C=O) groups excluding carboxylic acids is 1. The molecule has 0 aliphatic rings. The van der Waals surface area contributed by atoms with Crippen LogP contribution in [0.15, 0.2) is 42.5 Å². The number of amides is 1. The van der Waals surface area contributed by atoms with Gasteiger partial charge in [0.1, 0.15) is 11.5 Å². The van der Waals surface area contributed by atoms with Crippen LogP contribution < -0.4 is 14.8 Å². The Hall–Kier alpha value is -3.09. The molecule has 0 fully saturated rings. The fourth-order valence-electron chi connectivity index (χ4n) is 2.45. The lowest BCUT2D eigenvalue weighted by molar-refractivity contribution is -0.384. The standard InChI is InChI=1S/C19H22N2O5/c1-19(2,3)14-7-5-6-8-16(14)26-12-18(22)20-15-11-13(21(23)24)9-10-17(15)25-4/h5-11H,12H2,1-4H3,(H,20,22). The highest BCUT2D eigenvalue weighted by molar-refractivity contribution is 5.93. The number of hydrogen-bond acceptors (Lipinski definition) is 5. The van der Waals surface area contributed by atoms with Gasteiger partial charge in [-0.25, -0.2) is 0 Å². The number of benzene rings is 2. The summed E-state index contributed by atoms with van der Waals surface area (Å²) in [6.45, 7) is 5.95. The Bertz CT molecular complexity index is 812. The Morgan fingerprint density at radius 3 is 2.46 bits per heavy atom. The molecule has 0 aliphatic carbocycles. The van der Waals surface area contributed by atoms with Crippen molar-refractivity contribution < 1.29 is 19.2 Å². The highest BCUT2D eigenvalue weighted by Crippen LogP contribution is 2.31. The summed E-state index contributed by atoms with van der Waals surface area (Å²) in [5.74, 6) is 0.521. The van der Waals surface area contributed by atoms with Crippen LogP contribution in [0.2, 0.25) is 0 Å². The van der Waals surface area contributed by atoms with E-state index in [-0.39, 0.29) is 23.4 Å². The van der Waals surface area contributed by atoms with Crippen LogP contribution in [0, 0.1) is 10.1 Å². The summed E-state index contributed by atoms with van der Waals surface area (Å²) < 4.78 is 10.8. The van der Waals surface area contributed by atoms with Crippen LogP contribution in [0.3, 0.4) is 0 Å². The maximum Gasteiger partial charge on any atom is 0.271 e. The third-order valence-electron chi connectivity index (χ3n) is 3.72. The number of rotatable bonds is 6. The molecule has 0 bridgehead atoms. The lowest BCUT2D eigenvalue weighted by Gasteiger charge is -2.22. The van der Waals surface area contributed by atoms with Crippen LogP contribution >= 0.6 is 0 Å². The van der Waals surface area contributed by atoms with Crippen LogP contribution in [0.25, 0.3) is 0 Å². The zero-order valence-corrected chi connectivity index (χ0v) is 15.2. The second-order valence-corrected chi connectivity index (χ2v) is 6.72. The van der Waals surface area contributed by atoms with Crippen molar-refractivity contribution in [2.75, 3.05) is 19.0 Å². The third-order valence-corrected chi connectivity index (χ3v) is 3.72. The van der Waals surface area contributed by atoms with Crippen molar-refractivity contribution in [2.45, 2.75) is 26.2 Å². The number of hydrogen-bond donors (Lipinski definition) is 1. The van der Waals surface area contributed by atoms with E-state index >= 15 is 0 Å². The first kappa shape index (κ1) is 19.2. The number of nitro benzene ring substituents is 1. The van der Waals surface area contributed by atoms with E-state index < -0.39 is 10.8 Å². The predicted molar refractivity (Wildman–Crippen MR) is 98.9 cm³/mol. The summed E-state index contributed by atoms with van der Waals surface area (Å²) in [5, 5.41) is 13.5. The summed E-state index contributed by atoms with van der Waals surface area (Å²) in [7, 11) is 1.42. The average molecular weight is 358 g/mol. The molecule has 0 radical (unpaired) electrons. The van der Waals surface area contributed by atoms with Crippen molar-refractivity contribution in [3.05, 3.63) is 58.1 Å². The van der Waals surface area contributed by atoms with Gasteiger partial charge < -0.3 is 14.8 Å². The summed E-state index contributed by atoms with van der Waals surface area (Å²) in [4.78, 5) is 22.6.